The third kappa shape index (κ3) is 2.82. The summed E-state index contributed by atoms with van der Waals surface area (Å²) in [6, 6.07) is 0. The summed E-state index contributed by atoms with van der Waals surface area (Å²) < 4.78 is 0. The summed E-state index contributed by atoms with van der Waals surface area (Å²) in [6.45, 7) is 0. The molecular formula is C12H25PSi. The van der Waals surface area contributed by atoms with E-state index in [1.807, 2.05) is 0 Å². The van der Waals surface area contributed by atoms with Crippen molar-refractivity contribution in [2.24, 2.45) is 0 Å². The third-order valence-electron chi connectivity index (χ3n) is 4.39. The molecule has 1 atom stereocenters. The van der Waals surface area contributed by atoms with Crippen LogP contribution in [0.3, 0.4) is 0 Å². The van der Waals surface area contributed by atoms with E-state index < -0.39 is 8.46 Å². The largest absolute Gasteiger partial charge is 0.151 e. The van der Waals surface area contributed by atoms with Gasteiger partial charge in [0.15, 0.2) is 0 Å². The molecule has 0 nitrogen and oxygen atoms in total. The second kappa shape index (κ2) is 5.65. The second-order valence-corrected chi connectivity index (χ2v) is 10.7. The van der Waals surface area contributed by atoms with Gasteiger partial charge < -0.3 is 0 Å². The van der Waals surface area contributed by atoms with Gasteiger partial charge in [-0.15, -0.1) is 0 Å². The quantitative estimate of drug-likeness (QED) is 0.489. The van der Waals surface area contributed by atoms with Crippen LogP contribution in [0.5, 0.6) is 0 Å². The molecule has 2 fully saturated rings. The average Bonchev–Trinajstić information content (AvgIpc) is 2.30. The van der Waals surface area contributed by atoms with Gasteiger partial charge in [-0.25, -0.2) is 0 Å². The number of hydrogen-bond acceptors (Lipinski definition) is 0. The number of hydrogen-bond donors (Lipinski definition) is 0. The molecule has 2 aliphatic rings. The van der Waals surface area contributed by atoms with E-state index in [0.29, 0.717) is 0 Å². The van der Waals surface area contributed by atoms with E-state index in [2.05, 4.69) is 8.79 Å². The van der Waals surface area contributed by atoms with Crippen molar-refractivity contribution < 1.29 is 0 Å². The molecule has 2 rings (SSSR count). The standard InChI is InChI=1S/C12H25PSi/c13-14(11-7-3-1-4-8-11)12-9-5-2-6-10-12/h11-12,14H,1-10,13H2. The maximum atomic E-state index is 3.33. The lowest BCUT2D eigenvalue weighted by atomic mass is 9.99. The van der Waals surface area contributed by atoms with Crippen molar-refractivity contribution in [2.45, 2.75) is 75.3 Å². The summed E-state index contributed by atoms with van der Waals surface area (Å²) in [5.41, 5.74) is 2.38. The van der Waals surface area contributed by atoms with Gasteiger partial charge in [0.05, 0.1) is 8.46 Å². The second-order valence-electron chi connectivity index (χ2n) is 5.37. The van der Waals surface area contributed by atoms with Crippen molar-refractivity contribution >= 4 is 17.3 Å². The van der Waals surface area contributed by atoms with E-state index in [9.17, 15) is 0 Å². The maximum Gasteiger partial charge on any atom is 0.0643 e. The molecular weight excluding hydrogens is 203 g/mol. The van der Waals surface area contributed by atoms with Gasteiger partial charge in [0.2, 0.25) is 0 Å². The van der Waals surface area contributed by atoms with Crippen LogP contribution >= 0.6 is 8.79 Å². The zero-order valence-corrected chi connectivity index (χ0v) is 11.7. The van der Waals surface area contributed by atoms with E-state index in [4.69, 9.17) is 0 Å². The third-order valence-corrected chi connectivity index (χ3v) is 11.2. The van der Waals surface area contributed by atoms with E-state index in [-0.39, 0.29) is 0 Å². The van der Waals surface area contributed by atoms with E-state index in [1.165, 1.54) is 49.6 Å². The topological polar surface area (TPSA) is 0 Å². The molecule has 0 aromatic heterocycles. The average molecular weight is 228 g/mol. The fraction of sp³-hybridized carbons (Fsp3) is 1.00. The van der Waals surface area contributed by atoms with Crippen LogP contribution in [0.25, 0.3) is 0 Å². The molecule has 0 radical (unpaired) electrons. The molecule has 0 aromatic rings. The monoisotopic (exact) mass is 228 g/mol. The Bertz CT molecular complexity index is 142. The summed E-state index contributed by atoms with van der Waals surface area (Å²) in [5.74, 6) is 0. The van der Waals surface area contributed by atoms with Crippen LogP contribution in [0.1, 0.15) is 64.2 Å². The van der Waals surface area contributed by atoms with Gasteiger partial charge in [-0.05, 0) is 11.1 Å². The van der Waals surface area contributed by atoms with Crippen molar-refractivity contribution in [3.8, 4) is 0 Å². The highest BCUT2D eigenvalue weighted by Gasteiger charge is 2.29. The van der Waals surface area contributed by atoms with Crippen LogP contribution in [0.2, 0.25) is 11.1 Å². The molecule has 0 aromatic carbocycles. The van der Waals surface area contributed by atoms with E-state index >= 15 is 0 Å². The molecule has 0 N–H and O–H groups in total. The highest BCUT2D eigenvalue weighted by molar-refractivity contribution is 7.62. The first-order valence-corrected chi connectivity index (χ1v) is 10.6. The van der Waals surface area contributed by atoms with Crippen molar-refractivity contribution in [3.63, 3.8) is 0 Å². The highest BCUT2D eigenvalue weighted by Crippen LogP contribution is 2.43. The predicted octanol–water partition coefficient (Wildman–Crippen LogP) is 4.25. The zero-order chi connectivity index (χ0) is 9.80. The molecule has 2 heteroatoms. The normalized spacial score (nSPS) is 27.0. The summed E-state index contributed by atoms with van der Waals surface area (Å²) in [5, 5.41) is 0. The molecule has 0 bridgehead atoms. The lowest BCUT2D eigenvalue weighted by Crippen LogP contribution is -2.24. The Hall–Kier alpha value is 0.647. The van der Waals surface area contributed by atoms with Crippen LogP contribution in [0.4, 0.5) is 0 Å². The van der Waals surface area contributed by atoms with Crippen LogP contribution in [0, 0.1) is 0 Å². The summed E-state index contributed by atoms with van der Waals surface area (Å²) in [6.07, 6.45) is 15.5. The Balaban J connectivity index is 1.82. The minimum Gasteiger partial charge on any atom is -0.151 e. The minimum atomic E-state index is -0.448. The lowest BCUT2D eigenvalue weighted by molar-refractivity contribution is 0.467. The molecule has 1 unspecified atom stereocenters. The molecule has 82 valence electrons. The SMILES string of the molecule is P[SiH](C1CCCCC1)C1CCCCC1. The molecule has 14 heavy (non-hydrogen) atoms. The zero-order valence-electron chi connectivity index (χ0n) is 9.38. The van der Waals surface area contributed by atoms with Gasteiger partial charge in [-0.3, -0.25) is 0 Å². The fourth-order valence-corrected chi connectivity index (χ4v) is 8.98. The first-order chi connectivity index (χ1) is 6.88. The lowest BCUT2D eigenvalue weighted by Gasteiger charge is -2.34. The summed E-state index contributed by atoms with van der Waals surface area (Å²) in [7, 11) is 2.88. The van der Waals surface area contributed by atoms with Gasteiger partial charge in [0, 0.05) is 0 Å². The predicted molar refractivity (Wildman–Crippen MR) is 70.5 cm³/mol. The van der Waals surface area contributed by atoms with Gasteiger partial charge in [-0.2, -0.15) is 8.79 Å². The Kier molecular flexibility index (Phi) is 4.50. The molecule has 0 amide bonds. The molecule has 0 saturated heterocycles. The van der Waals surface area contributed by atoms with E-state index in [0.717, 1.165) is 0 Å². The fourth-order valence-electron chi connectivity index (χ4n) is 3.42. The van der Waals surface area contributed by atoms with Crippen LogP contribution in [-0.2, 0) is 0 Å². The number of rotatable bonds is 2. The molecule has 2 saturated carbocycles. The van der Waals surface area contributed by atoms with Gasteiger partial charge in [-0.1, -0.05) is 64.2 Å². The van der Waals surface area contributed by atoms with Crippen molar-refractivity contribution in [3.05, 3.63) is 0 Å². The first-order valence-electron chi connectivity index (χ1n) is 6.63. The van der Waals surface area contributed by atoms with Crippen LogP contribution < -0.4 is 0 Å². The molecule has 0 spiro atoms. The van der Waals surface area contributed by atoms with E-state index in [1.54, 1.807) is 25.7 Å². The minimum absolute atomic E-state index is 0.448. The Morgan fingerprint density at radius 2 is 1.00 bits per heavy atom. The van der Waals surface area contributed by atoms with Gasteiger partial charge >= 0.3 is 0 Å². The maximum absolute atomic E-state index is 3.33. The summed E-state index contributed by atoms with van der Waals surface area (Å²) >= 11 is 0. The Morgan fingerprint density at radius 3 is 1.36 bits per heavy atom. The summed E-state index contributed by atoms with van der Waals surface area (Å²) in [4.78, 5) is 0. The smallest absolute Gasteiger partial charge is 0.0643 e. The Morgan fingerprint density at radius 1 is 0.643 bits per heavy atom. The molecule has 2 aliphatic carbocycles. The van der Waals surface area contributed by atoms with Crippen molar-refractivity contribution in [1.82, 2.24) is 0 Å². The van der Waals surface area contributed by atoms with Crippen molar-refractivity contribution in [2.75, 3.05) is 0 Å². The highest BCUT2D eigenvalue weighted by atomic mass is 31.3. The van der Waals surface area contributed by atoms with Crippen molar-refractivity contribution in [1.29, 1.82) is 0 Å². The first kappa shape index (κ1) is 11.1. The van der Waals surface area contributed by atoms with Gasteiger partial charge in [0.1, 0.15) is 0 Å². The molecule has 0 aliphatic heterocycles. The van der Waals surface area contributed by atoms with Crippen LogP contribution in [-0.4, -0.2) is 8.46 Å². The molecule has 0 heterocycles. The van der Waals surface area contributed by atoms with Crippen LogP contribution in [0.15, 0.2) is 0 Å². The Labute approximate surface area is 92.9 Å². The van der Waals surface area contributed by atoms with Gasteiger partial charge in [0.25, 0.3) is 0 Å².